The van der Waals surface area contributed by atoms with Gasteiger partial charge in [-0.3, -0.25) is 9.78 Å². The normalized spacial score (nSPS) is 16.3. The van der Waals surface area contributed by atoms with E-state index in [4.69, 9.17) is 14.8 Å². The van der Waals surface area contributed by atoms with E-state index in [1.165, 1.54) is 29.9 Å². The fourth-order valence-corrected chi connectivity index (χ4v) is 4.32. The lowest BCUT2D eigenvalue weighted by molar-refractivity contribution is -0.118. The minimum atomic E-state index is -0.147. The van der Waals surface area contributed by atoms with Gasteiger partial charge in [0.1, 0.15) is 5.75 Å². The van der Waals surface area contributed by atoms with E-state index in [-0.39, 0.29) is 12.5 Å². The largest absolute Gasteiger partial charge is 0.482 e. The molecule has 0 bridgehead atoms. The number of pyridine rings is 1. The molecule has 1 amide bonds. The van der Waals surface area contributed by atoms with Crippen molar-refractivity contribution < 1.29 is 9.53 Å². The fraction of sp³-hybridized carbons (Fsp3) is 0.238. The third kappa shape index (κ3) is 3.71. The average molecular weight is 405 g/mol. The van der Waals surface area contributed by atoms with Crippen LogP contribution in [0, 0.1) is 0 Å². The highest BCUT2D eigenvalue weighted by molar-refractivity contribution is 7.07. The molecule has 0 atom stereocenters. The Morgan fingerprint density at radius 2 is 2.10 bits per heavy atom. The first-order valence-corrected chi connectivity index (χ1v) is 10.4. The molecule has 0 saturated heterocycles. The molecule has 1 fully saturated rings. The van der Waals surface area contributed by atoms with Crippen LogP contribution in [0.1, 0.15) is 25.7 Å². The van der Waals surface area contributed by atoms with Gasteiger partial charge in [-0.2, -0.15) is 5.10 Å². The average Bonchev–Trinajstić information content (AvgIpc) is 3.39. The summed E-state index contributed by atoms with van der Waals surface area (Å²) in [7, 11) is 0. The van der Waals surface area contributed by atoms with Crippen molar-refractivity contribution in [3.05, 3.63) is 52.9 Å². The number of hydrogen-bond donors (Lipinski definition) is 1. The van der Waals surface area contributed by atoms with Crippen LogP contribution < -0.4 is 14.9 Å². The van der Waals surface area contributed by atoms with Gasteiger partial charge >= 0.3 is 0 Å². The Hall–Kier alpha value is -3.26. The molecule has 0 spiro atoms. The van der Waals surface area contributed by atoms with E-state index in [1.807, 2.05) is 40.4 Å². The number of carbonyl (C=O) groups excluding carboxylic acids is 1. The zero-order chi connectivity index (χ0) is 19.6. The number of thiazole rings is 1. The van der Waals surface area contributed by atoms with Crippen molar-refractivity contribution in [2.45, 2.75) is 25.7 Å². The second-order valence-corrected chi connectivity index (χ2v) is 7.80. The lowest BCUT2D eigenvalue weighted by Crippen LogP contribution is -2.25. The van der Waals surface area contributed by atoms with Crippen molar-refractivity contribution >= 4 is 34.3 Å². The van der Waals surface area contributed by atoms with Crippen molar-refractivity contribution in [2.75, 3.05) is 11.9 Å². The number of anilines is 1. The predicted molar refractivity (Wildman–Crippen MR) is 113 cm³/mol. The number of aromatic nitrogens is 2. The van der Waals surface area contributed by atoms with Gasteiger partial charge in [0.15, 0.2) is 6.61 Å². The molecule has 146 valence electrons. The highest BCUT2D eigenvalue weighted by atomic mass is 32.1. The Labute approximate surface area is 171 Å². The summed E-state index contributed by atoms with van der Waals surface area (Å²) in [4.78, 5) is 21.4. The molecule has 0 unspecified atom stereocenters. The summed E-state index contributed by atoms with van der Waals surface area (Å²) < 4.78 is 7.39. The van der Waals surface area contributed by atoms with Crippen LogP contribution in [-0.2, 0) is 4.79 Å². The standard InChI is InChI=1S/C21H19N5O2S/c27-20-12-28-19-8-7-14(10-17(19)24-20)18-13-29-21(23-16-6-3-9-22-11-16)26(18)25-15-4-1-2-5-15/h3,6-11,13H,1-2,4-5,12H2,(H,24,27). The molecule has 1 aliphatic heterocycles. The highest BCUT2D eigenvalue weighted by Crippen LogP contribution is 2.33. The Kier molecular flexibility index (Phi) is 4.69. The summed E-state index contributed by atoms with van der Waals surface area (Å²) in [6, 6.07) is 9.58. The second kappa shape index (κ2) is 7.63. The molecule has 1 aromatic carbocycles. The van der Waals surface area contributed by atoms with E-state index in [0.29, 0.717) is 11.4 Å². The molecule has 3 aromatic rings. The number of nitrogens with zero attached hydrogens (tertiary/aromatic N) is 4. The molecule has 2 aromatic heterocycles. The van der Waals surface area contributed by atoms with Crippen LogP contribution in [0.4, 0.5) is 11.4 Å². The van der Waals surface area contributed by atoms with Gasteiger partial charge in [0.05, 0.1) is 23.3 Å². The summed E-state index contributed by atoms with van der Waals surface area (Å²) >= 11 is 1.53. The van der Waals surface area contributed by atoms with Gasteiger partial charge in [0, 0.05) is 22.9 Å². The molecule has 1 N–H and O–H groups in total. The van der Waals surface area contributed by atoms with E-state index >= 15 is 0 Å². The Morgan fingerprint density at radius 1 is 1.21 bits per heavy atom. The zero-order valence-electron chi connectivity index (χ0n) is 15.7. The molecule has 1 saturated carbocycles. The van der Waals surface area contributed by atoms with E-state index in [0.717, 1.165) is 34.6 Å². The molecule has 0 radical (unpaired) electrons. The van der Waals surface area contributed by atoms with Crippen LogP contribution in [0.25, 0.3) is 11.3 Å². The van der Waals surface area contributed by atoms with Crippen LogP contribution in [0.2, 0.25) is 0 Å². The molecular weight excluding hydrogens is 386 g/mol. The molecule has 3 heterocycles. The number of ether oxygens (including phenoxy) is 1. The number of amides is 1. The van der Waals surface area contributed by atoms with Crippen LogP contribution in [-0.4, -0.2) is 27.9 Å². The van der Waals surface area contributed by atoms with Crippen molar-refractivity contribution in [3.63, 3.8) is 0 Å². The quantitative estimate of drug-likeness (QED) is 0.716. The number of hydrogen-bond acceptors (Lipinski definition) is 6. The topological polar surface area (TPSA) is 80.9 Å². The Morgan fingerprint density at radius 3 is 2.93 bits per heavy atom. The summed E-state index contributed by atoms with van der Waals surface area (Å²) in [5.41, 5.74) is 4.52. The van der Waals surface area contributed by atoms with Gasteiger partial charge < -0.3 is 10.1 Å². The highest BCUT2D eigenvalue weighted by Gasteiger charge is 2.18. The maximum atomic E-state index is 11.7. The van der Waals surface area contributed by atoms with Crippen LogP contribution in [0.15, 0.2) is 58.2 Å². The summed E-state index contributed by atoms with van der Waals surface area (Å²) in [5.74, 6) is 0.531. The Bertz CT molecular complexity index is 1160. The number of rotatable bonds is 3. The molecule has 2 aliphatic rings. The number of fused-ring (bicyclic) bond motifs is 1. The van der Waals surface area contributed by atoms with Crippen molar-refractivity contribution in [1.29, 1.82) is 0 Å². The molecule has 8 heteroatoms. The smallest absolute Gasteiger partial charge is 0.262 e. The Balaban J connectivity index is 1.63. The minimum absolute atomic E-state index is 0.0482. The maximum Gasteiger partial charge on any atom is 0.262 e. The van der Waals surface area contributed by atoms with Gasteiger partial charge in [-0.1, -0.05) is 0 Å². The molecular formula is C21H19N5O2S. The van der Waals surface area contributed by atoms with Crippen molar-refractivity contribution in [1.82, 2.24) is 9.66 Å². The summed E-state index contributed by atoms with van der Waals surface area (Å²) in [6.07, 6.45) is 7.85. The first-order valence-electron chi connectivity index (χ1n) is 9.55. The lowest BCUT2D eigenvalue weighted by Gasteiger charge is -2.18. The lowest BCUT2D eigenvalue weighted by atomic mass is 10.1. The molecule has 29 heavy (non-hydrogen) atoms. The van der Waals surface area contributed by atoms with E-state index < -0.39 is 0 Å². The zero-order valence-corrected chi connectivity index (χ0v) is 16.5. The van der Waals surface area contributed by atoms with E-state index in [2.05, 4.69) is 10.3 Å². The third-order valence-corrected chi connectivity index (χ3v) is 5.70. The number of benzene rings is 1. The fourth-order valence-electron chi connectivity index (χ4n) is 3.47. The molecule has 7 nitrogen and oxygen atoms in total. The maximum absolute atomic E-state index is 11.7. The molecule has 1 aliphatic carbocycles. The SMILES string of the molecule is O=C1COc2ccc(-c3csc(=Nc4cccnc4)n3N=C3CCCC3)cc2N1. The first kappa shape index (κ1) is 17.8. The van der Waals surface area contributed by atoms with Crippen LogP contribution >= 0.6 is 11.3 Å². The second-order valence-electron chi connectivity index (χ2n) is 6.96. The van der Waals surface area contributed by atoms with Crippen molar-refractivity contribution in [3.8, 4) is 17.0 Å². The predicted octanol–water partition coefficient (Wildman–Crippen LogP) is 3.95. The monoisotopic (exact) mass is 405 g/mol. The summed E-state index contributed by atoms with van der Waals surface area (Å²) in [5, 5.41) is 9.84. The van der Waals surface area contributed by atoms with E-state index in [9.17, 15) is 4.79 Å². The minimum Gasteiger partial charge on any atom is -0.482 e. The van der Waals surface area contributed by atoms with Gasteiger partial charge in [-0.15, -0.1) is 11.3 Å². The van der Waals surface area contributed by atoms with Gasteiger partial charge in [-0.05, 0) is 56.0 Å². The first-order chi connectivity index (χ1) is 14.3. The molecule has 5 rings (SSSR count). The van der Waals surface area contributed by atoms with Crippen molar-refractivity contribution in [2.24, 2.45) is 10.1 Å². The van der Waals surface area contributed by atoms with Gasteiger partial charge in [0.25, 0.3) is 5.91 Å². The van der Waals surface area contributed by atoms with Gasteiger partial charge in [0.2, 0.25) is 4.80 Å². The number of nitrogens with one attached hydrogen (secondary N) is 1. The van der Waals surface area contributed by atoms with E-state index in [1.54, 1.807) is 12.4 Å². The number of carbonyl (C=O) groups is 1. The van der Waals surface area contributed by atoms with Crippen LogP contribution in [0.5, 0.6) is 5.75 Å². The van der Waals surface area contributed by atoms with Gasteiger partial charge in [-0.25, -0.2) is 9.67 Å². The third-order valence-electron chi connectivity index (χ3n) is 4.89. The summed E-state index contributed by atoms with van der Waals surface area (Å²) in [6.45, 7) is 0.0482. The van der Waals surface area contributed by atoms with Crippen LogP contribution in [0.3, 0.4) is 0 Å².